The van der Waals surface area contributed by atoms with Crippen molar-refractivity contribution in [3.8, 4) is 0 Å². The van der Waals surface area contributed by atoms with Gasteiger partial charge in [-0.3, -0.25) is 0 Å². The number of benzene rings is 1. The van der Waals surface area contributed by atoms with Crippen LogP contribution in [0.25, 0.3) is 0 Å². The number of likely N-dealkylation sites (N-methyl/N-ethyl adjacent to an activating group) is 1. The van der Waals surface area contributed by atoms with Gasteiger partial charge in [0.1, 0.15) is 5.60 Å². The molecule has 0 fully saturated rings. The lowest BCUT2D eigenvalue weighted by molar-refractivity contribution is 0.0301. The second kappa shape index (κ2) is 6.61. The fraction of sp³-hybridized carbons (Fsp3) is 0.500. The molecule has 1 amide bonds. The molecule has 4 nitrogen and oxygen atoms in total. The molecule has 0 saturated heterocycles. The molecule has 1 aromatic carbocycles. The van der Waals surface area contributed by atoms with E-state index in [1.165, 1.54) is 0 Å². The highest BCUT2D eigenvalue weighted by molar-refractivity contribution is 6.45. The first-order chi connectivity index (χ1) is 8.81. The molecule has 19 heavy (non-hydrogen) atoms. The summed E-state index contributed by atoms with van der Waals surface area (Å²) in [5.74, 6) is 0. The van der Waals surface area contributed by atoms with Crippen LogP contribution in [0.5, 0.6) is 0 Å². The van der Waals surface area contributed by atoms with Crippen molar-refractivity contribution in [3.05, 3.63) is 29.8 Å². The van der Waals surface area contributed by atoms with Crippen molar-refractivity contribution in [1.29, 1.82) is 0 Å². The number of hydrogen-bond acceptors (Lipinski definition) is 3. The fourth-order valence-electron chi connectivity index (χ4n) is 1.54. The second-order valence-corrected chi connectivity index (χ2v) is 5.63. The number of nitrogens with zero attached hydrogens (tertiary/aromatic N) is 1. The van der Waals surface area contributed by atoms with E-state index in [1.807, 2.05) is 45.0 Å². The molecule has 0 aliphatic heterocycles. The monoisotopic (exact) mass is 263 g/mol. The van der Waals surface area contributed by atoms with Gasteiger partial charge < -0.3 is 14.7 Å². The van der Waals surface area contributed by atoms with E-state index in [4.69, 9.17) is 9.76 Å². The highest BCUT2D eigenvalue weighted by Crippen LogP contribution is 2.09. The molecule has 0 aromatic heterocycles. The Labute approximate surface area is 115 Å². The largest absolute Gasteiger partial charge is 0.449 e. The van der Waals surface area contributed by atoms with Gasteiger partial charge >= 0.3 is 13.6 Å². The number of hydrogen-bond donors (Lipinski definition) is 1. The number of ether oxygens (including phenoxy) is 1. The number of rotatable bonds is 4. The summed E-state index contributed by atoms with van der Waals surface area (Å²) < 4.78 is 5.28. The second-order valence-electron chi connectivity index (χ2n) is 5.63. The van der Waals surface area contributed by atoms with Crippen molar-refractivity contribution in [2.75, 3.05) is 13.6 Å². The third kappa shape index (κ3) is 5.79. The molecule has 0 aliphatic rings. The predicted molar refractivity (Wildman–Crippen MR) is 78.0 cm³/mol. The van der Waals surface area contributed by atoms with Crippen molar-refractivity contribution in [1.82, 2.24) is 4.90 Å². The van der Waals surface area contributed by atoms with E-state index < -0.39 is 5.60 Å². The number of amides is 1. The van der Waals surface area contributed by atoms with Gasteiger partial charge in [0, 0.05) is 13.6 Å². The van der Waals surface area contributed by atoms with E-state index >= 15 is 0 Å². The van der Waals surface area contributed by atoms with Crippen molar-refractivity contribution in [2.45, 2.75) is 32.8 Å². The van der Waals surface area contributed by atoms with E-state index in [0.717, 1.165) is 17.4 Å². The lowest BCUT2D eigenvalue weighted by Crippen LogP contribution is -2.35. The van der Waals surface area contributed by atoms with Crippen molar-refractivity contribution < 1.29 is 14.6 Å². The van der Waals surface area contributed by atoms with Crippen LogP contribution in [0.15, 0.2) is 24.3 Å². The van der Waals surface area contributed by atoms with Crippen LogP contribution in [0.3, 0.4) is 0 Å². The zero-order valence-electron chi connectivity index (χ0n) is 12.1. The molecule has 0 spiro atoms. The van der Waals surface area contributed by atoms with Crippen LogP contribution < -0.4 is 5.46 Å². The van der Waals surface area contributed by atoms with Crippen LogP contribution in [-0.4, -0.2) is 42.7 Å². The van der Waals surface area contributed by atoms with Crippen LogP contribution in [-0.2, 0) is 11.2 Å². The van der Waals surface area contributed by atoms with E-state index in [1.54, 1.807) is 11.9 Å². The minimum Gasteiger partial charge on any atom is -0.449 e. The maximum absolute atomic E-state index is 11.8. The first-order valence-corrected chi connectivity index (χ1v) is 6.44. The van der Waals surface area contributed by atoms with Crippen LogP contribution >= 0.6 is 0 Å². The Bertz CT molecular complexity index is 412. The normalized spacial score (nSPS) is 11.0. The van der Waals surface area contributed by atoms with Crippen molar-refractivity contribution in [3.63, 3.8) is 0 Å². The van der Waals surface area contributed by atoms with Crippen molar-refractivity contribution in [2.24, 2.45) is 0 Å². The zero-order valence-corrected chi connectivity index (χ0v) is 12.1. The topological polar surface area (TPSA) is 49.8 Å². The Kier molecular flexibility index (Phi) is 5.42. The molecular weight excluding hydrogens is 241 g/mol. The summed E-state index contributed by atoms with van der Waals surface area (Å²) >= 11 is 0. The van der Waals surface area contributed by atoms with Crippen LogP contribution in [0, 0.1) is 0 Å². The van der Waals surface area contributed by atoms with E-state index in [-0.39, 0.29) is 13.6 Å². The molecule has 0 aliphatic carbocycles. The van der Waals surface area contributed by atoms with Crippen LogP contribution in [0.2, 0.25) is 0 Å². The summed E-state index contributed by atoms with van der Waals surface area (Å²) in [4.78, 5) is 13.3. The Morgan fingerprint density at radius 3 is 2.37 bits per heavy atom. The molecule has 0 radical (unpaired) electrons. The van der Waals surface area contributed by atoms with Crippen molar-refractivity contribution >= 4 is 19.0 Å². The molecule has 1 aromatic rings. The van der Waals surface area contributed by atoms with Gasteiger partial charge in [-0.05, 0) is 32.8 Å². The molecule has 0 atom stereocenters. The predicted octanol–water partition coefficient (Wildman–Crippen LogP) is 1.07. The van der Waals surface area contributed by atoms with Gasteiger partial charge in [0.2, 0.25) is 0 Å². The van der Waals surface area contributed by atoms with Crippen LogP contribution in [0.4, 0.5) is 4.79 Å². The van der Waals surface area contributed by atoms with E-state index in [0.29, 0.717) is 6.54 Å². The summed E-state index contributed by atoms with van der Waals surface area (Å²) in [5.41, 5.74) is 1.56. The summed E-state index contributed by atoms with van der Waals surface area (Å²) in [6.07, 6.45) is 0.459. The molecule has 0 bridgehead atoms. The van der Waals surface area contributed by atoms with Gasteiger partial charge in [-0.15, -0.1) is 0 Å². The SMILES string of the molecule is CN(CCc1ccc(BO)cc1)C(=O)OC(C)(C)C. The Hall–Kier alpha value is -1.49. The summed E-state index contributed by atoms with van der Waals surface area (Å²) in [6.45, 7) is 6.17. The highest BCUT2D eigenvalue weighted by atomic mass is 16.6. The molecule has 0 saturated carbocycles. The Balaban J connectivity index is 2.44. The summed E-state index contributed by atoms with van der Waals surface area (Å²) in [5, 5.41) is 8.96. The average Bonchev–Trinajstić information content (AvgIpc) is 2.34. The first-order valence-electron chi connectivity index (χ1n) is 6.44. The molecular formula is C14H22BNO3. The van der Waals surface area contributed by atoms with Gasteiger partial charge in [-0.1, -0.05) is 29.7 Å². The average molecular weight is 263 g/mol. The first kappa shape index (κ1) is 15.6. The van der Waals surface area contributed by atoms with E-state index in [2.05, 4.69) is 0 Å². The zero-order chi connectivity index (χ0) is 14.5. The Morgan fingerprint density at radius 2 is 1.89 bits per heavy atom. The molecule has 104 valence electrons. The molecule has 0 heterocycles. The maximum atomic E-state index is 11.8. The van der Waals surface area contributed by atoms with Gasteiger partial charge in [-0.2, -0.15) is 0 Å². The molecule has 5 heteroatoms. The minimum atomic E-state index is -0.464. The molecule has 1 rings (SSSR count). The molecule has 1 N–H and O–H groups in total. The van der Waals surface area contributed by atoms with Gasteiger partial charge in [0.05, 0.1) is 0 Å². The summed E-state index contributed by atoms with van der Waals surface area (Å²) in [6, 6.07) is 7.72. The smallest absolute Gasteiger partial charge is 0.410 e. The standard InChI is InChI=1S/C14H22BNO3/c1-14(2,3)19-13(17)16(4)10-9-11-5-7-12(15-18)8-6-11/h5-8,15,18H,9-10H2,1-4H3. The summed E-state index contributed by atoms with van der Waals surface area (Å²) in [7, 11) is 1.79. The maximum Gasteiger partial charge on any atom is 0.410 e. The van der Waals surface area contributed by atoms with Gasteiger partial charge in [-0.25, -0.2) is 4.79 Å². The fourth-order valence-corrected chi connectivity index (χ4v) is 1.54. The highest BCUT2D eigenvalue weighted by Gasteiger charge is 2.19. The lowest BCUT2D eigenvalue weighted by Gasteiger charge is -2.24. The minimum absolute atomic E-state index is 0.0537. The van der Waals surface area contributed by atoms with E-state index in [9.17, 15) is 4.79 Å². The lowest BCUT2D eigenvalue weighted by atomic mass is 9.88. The van der Waals surface area contributed by atoms with Gasteiger partial charge in [0.25, 0.3) is 0 Å². The van der Waals surface area contributed by atoms with Gasteiger partial charge in [0.15, 0.2) is 0 Å². The Morgan fingerprint density at radius 1 is 1.32 bits per heavy atom. The number of carbonyl (C=O) groups excluding carboxylic acids is 1. The third-order valence-electron chi connectivity index (χ3n) is 2.65. The quantitative estimate of drug-likeness (QED) is 0.826. The number of carbonyl (C=O) groups is 1. The van der Waals surface area contributed by atoms with Crippen LogP contribution in [0.1, 0.15) is 26.3 Å². The third-order valence-corrected chi connectivity index (χ3v) is 2.65. The molecule has 0 unspecified atom stereocenters.